The monoisotopic (exact) mass is 275 g/mol. The molecule has 4 heteroatoms. The molecule has 1 heterocycles. The summed E-state index contributed by atoms with van der Waals surface area (Å²) in [5, 5.41) is 13.4. The Labute approximate surface area is 120 Å². The van der Waals surface area contributed by atoms with Gasteiger partial charge in [0, 0.05) is 13.6 Å². The predicted octanol–water partition coefficient (Wildman–Crippen LogP) is 2.63. The zero-order chi connectivity index (χ0) is 14.7. The second-order valence-electron chi connectivity index (χ2n) is 5.60. The van der Waals surface area contributed by atoms with Gasteiger partial charge in [-0.25, -0.2) is 4.98 Å². The first-order valence-electron chi connectivity index (χ1n) is 7.37. The molecule has 3 unspecified atom stereocenters. The second-order valence-corrected chi connectivity index (χ2v) is 5.60. The van der Waals surface area contributed by atoms with Crippen molar-refractivity contribution in [3.63, 3.8) is 0 Å². The van der Waals surface area contributed by atoms with Crippen molar-refractivity contribution in [1.29, 1.82) is 0 Å². The molecule has 110 valence electrons. The number of hydrogen-bond acceptors (Lipinski definition) is 3. The zero-order valence-corrected chi connectivity index (χ0v) is 12.8. The van der Waals surface area contributed by atoms with Crippen LogP contribution in [-0.2, 0) is 7.05 Å². The Bertz CT molecular complexity index is 564. The summed E-state index contributed by atoms with van der Waals surface area (Å²) >= 11 is 0. The lowest BCUT2D eigenvalue weighted by molar-refractivity contribution is 0.110. The number of hydrogen-bond donors (Lipinski definition) is 2. The Morgan fingerprint density at radius 2 is 2.00 bits per heavy atom. The molecule has 2 N–H and O–H groups in total. The van der Waals surface area contributed by atoms with Gasteiger partial charge >= 0.3 is 0 Å². The van der Waals surface area contributed by atoms with Crippen molar-refractivity contribution in [2.75, 3.05) is 6.54 Å². The number of para-hydroxylation sites is 2. The lowest BCUT2D eigenvalue weighted by Gasteiger charge is -2.20. The van der Waals surface area contributed by atoms with E-state index in [1.807, 2.05) is 25.2 Å². The van der Waals surface area contributed by atoms with E-state index in [1.54, 1.807) is 0 Å². The van der Waals surface area contributed by atoms with E-state index in [-0.39, 0.29) is 12.1 Å². The van der Waals surface area contributed by atoms with Gasteiger partial charge in [-0.2, -0.15) is 0 Å². The average Bonchev–Trinajstić information content (AvgIpc) is 2.81. The van der Waals surface area contributed by atoms with Crippen LogP contribution < -0.4 is 5.32 Å². The van der Waals surface area contributed by atoms with Crippen LogP contribution in [0, 0.1) is 5.92 Å². The van der Waals surface area contributed by atoms with Crippen LogP contribution >= 0.6 is 0 Å². The van der Waals surface area contributed by atoms with E-state index in [2.05, 4.69) is 41.7 Å². The molecule has 4 nitrogen and oxygen atoms in total. The number of aliphatic hydroxyl groups is 1. The molecule has 0 saturated heterocycles. The van der Waals surface area contributed by atoms with E-state index >= 15 is 0 Å². The lowest BCUT2D eigenvalue weighted by atomic mass is 10.0. The Morgan fingerprint density at radius 1 is 1.30 bits per heavy atom. The smallest absolute Gasteiger partial charge is 0.126 e. The van der Waals surface area contributed by atoms with Crippen LogP contribution in [0.5, 0.6) is 0 Å². The molecule has 0 bridgehead atoms. The van der Waals surface area contributed by atoms with Gasteiger partial charge in [-0.15, -0.1) is 0 Å². The minimum absolute atomic E-state index is 0.117. The third-order valence-corrected chi connectivity index (χ3v) is 4.14. The molecule has 20 heavy (non-hydrogen) atoms. The molecule has 0 amide bonds. The molecule has 0 saturated carbocycles. The Hall–Kier alpha value is -1.39. The van der Waals surface area contributed by atoms with Gasteiger partial charge < -0.3 is 15.0 Å². The van der Waals surface area contributed by atoms with Crippen molar-refractivity contribution < 1.29 is 5.11 Å². The van der Waals surface area contributed by atoms with Crippen LogP contribution in [0.2, 0.25) is 0 Å². The molecule has 2 aromatic rings. The van der Waals surface area contributed by atoms with Crippen LogP contribution in [0.25, 0.3) is 11.0 Å². The quantitative estimate of drug-likeness (QED) is 0.852. The van der Waals surface area contributed by atoms with E-state index in [0.29, 0.717) is 12.5 Å². The number of aromatic nitrogens is 2. The van der Waals surface area contributed by atoms with Gasteiger partial charge in [0.2, 0.25) is 0 Å². The number of nitrogens with zero attached hydrogens (tertiary/aromatic N) is 2. The molecule has 0 aliphatic carbocycles. The summed E-state index contributed by atoms with van der Waals surface area (Å²) in [6.07, 6.45) is 0.681. The highest BCUT2D eigenvalue weighted by Gasteiger charge is 2.17. The summed E-state index contributed by atoms with van der Waals surface area (Å²) in [4.78, 5) is 4.67. The van der Waals surface area contributed by atoms with Gasteiger partial charge in [0.1, 0.15) is 5.82 Å². The third kappa shape index (κ3) is 3.02. The molecule has 1 aromatic heterocycles. The van der Waals surface area contributed by atoms with E-state index in [0.717, 1.165) is 23.3 Å². The van der Waals surface area contributed by atoms with Crippen LogP contribution in [-0.4, -0.2) is 27.3 Å². The molecule has 3 atom stereocenters. The Balaban J connectivity index is 2.08. The number of benzene rings is 1. The van der Waals surface area contributed by atoms with E-state index < -0.39 is 0 Å². The highest BCUT2D eigenvalue weighted by atomic mass is 16.3. The maximum atomic E-state index is 10.0. The van der Waals surface area contributed by atoms with Crippen molar-refractivity contribution in [2.45, 2.75) is 39.3 Å². The molecule has 0 aliphatic heterocycles. The summed E-state index contributed by atoms with van der Waals surface area (Å²) < 4.78 is 2.11. The van der Waals surface area contributed by atoms with Crippen LogP contribution in [0.15, 0.2) is 24.3 Å². The minimum Gasteiger partial charge on any atom is -0.392 e. The fourth-order valence-corrected chi connectivity index (χ4v) is 2.41. The van der Waals surface area contributed by atoms with Gasteiger partial charge in [0.05, 0.1) is 23.2 Å². The Kier molecular flexibility index (Phi) is 4.78. The summed E-state index contributed by atoms with van der Waals surface area (Å²) in [7, 11) is 2.04. The van der Waals surface area contributed by atoms with E-state index in [9.17, 15) is 5.11 Å². The van der Waals surface area contributed by atoms with E-state index in [4.69, 9.17) is 0 Å². The summed E-state index contributed by atoms with van der Waals surface area (Å²) in [5.41, 5.74) is 2.15. The fraction of sp³-hybridized carbons (Fsp3) is 0.562. The second kappa shape index (κ2) is 6.37. The van der Waals surface area contributed by atoms with Gasteiger partial charge in [0.25, 0.3) is 0 Å². The molecule has 2 rings (SSSR count). The first-order valence-corrected chi connectivity index (χ1v) is 7.37. The van der Waals surface area contributed by atoms with Gasteiger partial charge in [-0.3, -0.25) is 0 Å². The van der Waals surface area contributed by atoms with Gasteiger partial charge in [-0.1, -0.05) is 32.4 Å². The molecule has 0 aliphatic rings. The van der Waals surface area contributed by atoms with Gasteiger partial charge in [0.15, 0.2) is 0 Å². The standard InChI is InChI=1S/C16H25N3O/c1-5-11(2)15(20)10-17-12(3)16-18-13-8-6-7-9-14(13)19(16)4/h6-9,11-12,15,17,20H,5,10H2,1-4H3. The third-order valence-electron chi connectivity index (χ3n) is 4.14. The normalized spacial score (nSPS) is 16.2. The molecular formula is C16H25N3O. The largest absolute Gasteiger partial charge is 0.392 e. The first kappa shape index (κ1) is 15.0. The van der Waals surface area contributed by atoms with Gasteiger partial charge in [-0.05, 0) is 25.0 Å². The first-order chi connectivity index (χ1) is 9.54. The molecule has 0 radical (unpaired) electrons. The topological polar surface area (TPSA) is 50.1 Å². The van der Waals surface area contributed by atoms with Crippen LogP contribution in [0.4, 0.5) is 0 Å². The summed E-state index contributed by atoms with van der Waals surface area (Å²) in [6, 6.07) is 8.25. The molecule has 1 aromatic carbocycles. The SMILES string of the molecule is CCC(C)C(O)CNC(C)c1nc2ccccc2n1C. The number of imidazole rings is 1. The van der Waals surface area contributed by atoms with Crippen molar-refractivity contribution >= 4 is 11.0 Å². The molecular weight excluding hydrogens is 250 g/mol. The Morgan fingerprint density at radius 3 is 2.65 bits per heavy atom. The van der Waals surface area contributed by atoms with Crippen molar-refractivity contribution in [1.82, 2.24) is 14.9 Å². The lowest BCUT2D eigenvalue weighted by Crippen LogP contribution is -2.33. The van der Waals surface area contributed by atoms with E-state index in [1.165, 1.54) is 0 Å². The average molecular weight is 275 g/mol. The molecule has 0 fully saturated rings. The fourth-order valence-electron chi connectivity index (χ4n) is 2.41. The number of aryl methyl sites for hydroxylation is 1. The van der Waals surface area contributed by atoms with Crippen molar-refractivity contribution in [2.24, 2.45) is 13.0 Å². The maximum absolute atomic E-state index is 10.0. The number of rotatable bonds is 6. The zero-order valence-electron chi connectivity index (χ0n) is 12.8. The minimum atomic E-state index is -0.308. The highest BCUT2D eigenvalue weighted by molar-refractivity contribution is 5.75. The summed E-state index contributed by atoms with van der Waals surface area (Å²) in [5.74, 6) is 1.32. The predicted molar refractivity (Wildman–Crippen MR) is 82.6 cm³/mol. The summed E-state index contributed by atoms with van der Waals surface area (Å²) in [6.45, 7) is 6.86. The molecule has 0 spiro atoms. The number of nitrogens with one attached hydrogen (secondary N) is 1. The van der Waals surface area contributed by atoms with Crippen LogP contribution in [0.1, 0.15) is 39.1 Å². The number of aliphatic hydroxyl groups excluding tert-OH is 1. The van der Waals surface area contributed by atoms with Crippen LogP contribution in [0.3, 0.4) is 0 Å². The number of fused-ring (bicyclic) bond motifs is 1. The van der Waals surface area contributed by atoms with Crippen molar-refractivity contribution in [3.8, 4) is 0 Å². The maximum Gasteiger partial charge on any atom is 0.126 e. The highest BCUT2D eigenvalue weighted by Crippen LogP contribution is 2.19. The van der Waals surface area contributed by atoms with Crippen molar-refractivity contribution in [3.05, 3.63) is 30.1 Å².